The maximum Gasteiger partial charge on any atom is 0.233 e. The Bertz CT molecular complexity index is 865. The van der Waals surface area contributed by atoms with Gasteiger partial charge in [0.05, 0.1) is 24.7 Å². The van der Waals surface area contributed by atoms with Crippen molar-refractivity contribution in [1.82, 2.24) is 19.7 Å². The van der Waals surface area contributed by atoms with Crippen LogP contribution in [-0.2, 0) is 16.0 Å². The van der Waals surface area contributed by atoms with E-state index in [4.69, 9.17) is 4.74 Å². The highest BCUT2D eigenvalue weighted by Crippen LogP contribution is 2.29. The third-order valence-corrected chi connectivity index (χ3v) is 6.77. The number of aromatic nitrogens is 3. The van der Waals surface area contributed by atoms with E-state index in [2.05, 4.69) is 51.7 Å². The van der Waals surface area contributed by atoms with Gasteiger partial charge < -0.3 is 14.5 Å². The molecule has 3 heterocycles. The molecule has 0 N–H and O–H groups in total. The Morgan fingerprint density at radius 3 is 2.77 bits per heavy atom. The maximum atomic E-state index is 12.8. The van der Waals surface area contributed by atoms with E-state index in [1.54, 1.807) is 0 Å². The topological polar surface area (TPSA) is 63.5 Å². The van der Waals surface area contributed by atoms with Crippen molar-refractivity contribution in [2.75, 3.05) is 50.0 Å². The van der Waals surface area contributed by atoms with Crippen molar-refractivity contribution in [2.24, 2.45) is 5.92 Å². The van der Waals surface area contributed by atoms with Gasteiger partial charge in [0.2, 0.25) is 11.9 Å². The third-order valence-electron chi connectivity index (χ3n) is 5.86. The average Bonchev–Trinajstić information content (AvgIpc) is 3.21. The highest BCUT2D eigenvalue weighted by molar-refractivity contribution is 7.99. The number of thioether (sulfide) groups is 1. The Balaban J connectivity index is 1.59. The molecule has 2 aromatic rings. The molecule has 2 aliphatic heterocycles. The summed E-state index contributed by atoms with van der Waals surface area (Å²) in [4.78, 5) is 17.0. The lowest BCUT2D eigenvalue weighted by Gasteiger charge is -2.31. The number of para-hydroxylation sites is 1. The van der Waals surface area contributed by atoms with E-state index >= 15 is 0 Å². The summed E-state index contributed by atoms with van der Waals surface area (Å²) in [6, 6.07) is 8.37. The molecule has 7 nitrogen and oxygen atoms in total. The molecule has 1 atom stereocenters. The first-order valence-corrected chi connectivity index (χ1v) is 11.9. The number of hydrogen-bond donors (Lipinski definition) is 0. The molecule has 1 aromatic heterocycles. The number of nitrogens with zero attached hydrogens (tertiary/aromatic N) is 5. The number of benzene rings is 1. The van der Waals surface area contributed by atoms with Gasteiger partial charge in [-0.25, -0.2) is 0 Å². The zero-order chi connectivity index (χ0) is 20.9. The van der Waals surface area contributed by atoms with Gasteiger partial charge in [0, 0.05) is 26.2 Å². The summed E-state index contributed by atoms with van der Waals surface area (Å²) in [5.74, 6) is 2.00. The normalized spacial score (nSPS) is 19.9. The smallest absolute Gasteiger partial charge is 0.233 e. The predicted molar refractivity (Wildman–Crippen MR) is 119 cm³/mol. The molecule has 4 rings (SSSR count). The fraction of sp³-hybridized carbons (Fsp3) is 0.591. The molecule has 0 spiro atoms. The zero-order valence-electron chi connectivity index (χ0n) is 17.9. The quantitative estimate of drug-likeness (QED) is 0.658. The summed E-state index contributed by atoms with van der Waals surface area (Å²) in [5, 5.41) is 9.80. The number of rotatable bonds is 6. The van der Waals surface area contributed by atoms with Crippen LogP contribution in [0.1, 0.15) is 32.3 Å². The second-order valence-corrected chi connectivity index (χ2v) is 9.02. The van der Waals surface area contributed by atoms with Gasteiger partial charge in [0.15, 0.2) is 5.16 Å². The molecule has 0 radical (unpaired) electrons. The number of carbonyl (C=O) groups excluding carboxylic acids is 1. The monoisotopic (exact) mass is 429 g/mol. The standard InChI is InChI=1S/C22H31N5O2S/c1-3-18-8-4-5-9-19(18)27-21(25-11-13-29-14-12-25)23-24-22(27)30-16-20(28)26-10-6-7-17(2)15-26/h4-5,8-9,17H,3,6-7,10-16H2,1-2H3/t17-/m0/s1. The van der Waals surface area contributed by atoms with Crippen LogP contribution < -0.4 is 4.90 Å². The van der Waals surface area contributed by atoms with Crippen LogP contribution in [0.5, 0.6) is 0 Å². The third kappa shape index (κ3) is 4.64. The lowest BCUT2D eigenvalue weighted by atomic mass is 10.0. The van der Waals surface area contributed by atoms with E-state index < -0.39 is 0 Å². The van der Waals surface area contributed by atoms with Crippen LogP contribution in [0.4, 0.5) is 5.95 Å². The van der Waals surface area contributed by atoms with Crippen LogP contribution in [0, 0.1) is 5.92 Å². The number of amides is 1. The van der Waals surface area contributed by atoms with E-state index in [-0.39, 0.29) is 5.91 Å². The Morgan fingerprint density at radius 2 is 2.00 bits per heavy atom. The Hall–Kier alpha value is -2.06. The second-order valence-electron chi connectivity index (χ2n) is 8.08. The molecule has 0 aliphatic carbocycles. The number of hydrogen-bond acceptors (Lipinski definition) is 6. The van der Waals surface area contributed by atoms with Gasteiger partial charge >= 0.3 is 0 Å². The van der Waals surface area contributed by atoms with Crippen LogP contribution in [-0.4, -0.2) is 70.7 Å². The minimum atomic E-state index is 0.192. The number of carbonyl (C=O) groups is 1. The van der Waals surface area contributed by atoms with Gasteiger partial charge in [-0.2, -0.15) is 0 Å². The summed E-state index contributed by atoms with van der Waals surface area (Å²) in [7, 11) is 0. The minimum absolute atomic E-state index is 0.192. The number of piperidine rings is 1. The predicted octanol–water partition coefficient (Wildman–Crippen LogP) is 3.02. The maximum absolute atomic E-state index is 12.8. The SMILES string of the molecule is CCc1ccccc1-n1c(SCC(=O)N2CCC[C@H](C)C2)nnc1N1CCOCC1. The first kappa shape index (κ1) is 21.2. The van der Waals surface area contributed by atoms with E-state index in [1.807, 2.05) is 11.0 Å². The lowest BCUT2D eigenvalue weighted by Crippen LogP contribution is -2.40. The van der Waals surface area contributed by atoms with Crippen molar-refractivity contribution in [3.8, 4) is 5.69 Å². The zero-order valence-corrected chi connectivity index (χ0v) is 18.7. The molecule has 2 saturated heterocycles. The number of morpholine rings is 1. The van der Waals surface area contributed by atoms with Crippen LogP contribution in [0.3, 0.4) is 0 Å². The summed E-state index contributed by atoms with van der Waals surface area (Å²) in [6.07, 6.45) is 3.23. The summed E-state index contributed by atoms with van der Waals surface area (Å²) in [5.41, 5.74) is 2.33. The fourth-order valence-electron chi connectivity index (χ4n) is 4.20. The number of ether oxygens (including phenoxy) is 1. The number of anilines is 1. The summed E-state index contributed by atoms with van der Waals surface area (Å²) in [6.45, 7) is 9.08. The van der Waals surface area contributed by atoms with Crippen molar-refractivity contribution >= 4 is 23.6 Å². The van der Waals surface area contributed by atoms with Gasteiger partial charge in [-0.15, -0.1) is 10.2 Å². The summed E-state index contributed by atoms with van der Waals surface area (Å²) >= 11 is 1.49. The van der Waals surface area contributed by atoms with Gasteiger partial charge in [-0.05, 0) is 36.8 Å². The van der Waals surface area contributed by atoms with Crippen molar-refractivity contribution in [2.45, 2.75) is 38.3 Å². The van der Waals surface area contributed by atoms with Gasteiger partial charge in [0.1, 0.15) is 0 Å². The molecule has 1 aromatic carbocycles. The average molecular weight is 430 g/mol. The molecule has 2 aliphatic rings. The van der Waals surface area contributed by atoms with Crippen molar-refractivity contribution in [3.63, 3.8) is 0 Å². The molecule has 0 unspecified atom stereocenters. The van der Waals surface area contributed by atoms with Crippen LogP contribution in [0.15, 0.2) is 29.4 Å². The van der Waals surface area contributed by atoms with E-state index in [0.29, 0.717) is 24.9 Å². The lowest BCUT2D eigenvalue weighted by molar-refractivity contribution is -0.130. The number of aryl methyl sites for hydroxylation is 1. The van der Waals surface area contributed by atoms with Crippen LogP contribution in [0.25, 0.3) is 5.69 Å². The van der Waals surface area contributed by atoms with Crippen molar-refractivity contribution < 1.29 is 9.53 Å². The van der Waals surface area contributed by atoms with Gasteiger partial charge in [-0.1, -0.05) is 43.8 Å². The minimum Gasteiger partial charge on any atom is -0.378 e. The van der Waals surface area contributed by atoms with Crippen LogP contribution >= 0.6 is 11.8 Å². The Kier molecular flexibility index (Phi) is 6.94. The molecule has 162 valence electrons. The molecular formula is C22H31N5O2S. The van der Waals surface area contributed by atoms with Gasteiger partial charge in [-0.3, -0.25) is 9.36 Å². The molecule has 8 heteroatoms. The van der Waals surface area contributed by atoms with Crippen molar-refractivity contribution in [1.29, 1.82) is 0 Å². The molecule has 0 bridgehead atoms. The largest absolute Gasteiger partial charge is 0.378 e. The first-order valence-electron chi connectivity index (χ1n) is 10.9. The highest BCUT2D eigenvalue weighted by Gasteiger charge is 2.25. The molecule has 2 fully saturated rings. The molecule has 0 saturated carbocycles. The van der Waals surface area contributed by atoms with E-state index in [1.165, 1.54) is 23.7 Å². The van der Waals surface area contributed by atoms with E-state index in [0.717, 1.165) is 55.8 Å². The second kappa shape index (κ2) is 9.83. The Morgan fingerprint density at radius 1 is 1.20 bits per heavy atom. The Labute approximate surface area is 182 Å². The molecular weight excluding hydrogens is 398 g/mol. The first-order chi connectivity index (χ1) is 14.7. The summed E-state index contributed by atoms with van der Waals surface area (Å²) < 4.78 is 7.64. The van der Waals surface area contributed by atoms with Crippen LogP contribution in [0.2, 0.25) is 0 Å². The number of likely N-dealkylation sites (tertiary alicyclic amines) is 1. The highest BCUT2D eigenvalue weighted by atomic mass is 32.2. The van der Waals surface area contributed by atoms with E-state index in [9.17, 15) is 4.79 Å². The fourth-order valence-corrected chi connectivity index (χ4v) is 5.04. The van der Waals surface area contributed by atoms with Crippen molar-refractivity contribution in [3.05, 3.63) is 29.8 Å². The van der Waals surface area contributed by atoms with Gasteiger partial charge in [0.25, 0.3) is 0 Å². The molecule has 1 amide bonds. The molecule has 30 heavy (non-hydrogen) atoms.